The molecule has 0 bridgehead atoms. The molecule has 0 unspecified atom stereocenters. The number of amides is 1. The Balaban J connectivity index is 1.88. The summed E-state index contributed by atoms with van der Waals surface area (Å²) >= 11 is 3.48. The second-order valence-corrected chi connectivity index (χ2v) is 6.53. The van der Waals surface area contributed by atoms with Crippen molar-refractivity contribution in [2.45, 2.75) is 58.0 Å². The molecule has 4 heteroatoms. The Kier molecular flexibility index (Phi) is 5.46. The summed E-state index contributed by atoms with van der Waals surface area (Å²) in [6.45, 7) is 3.96. The van der Waals surface area contributed by atoms with E-state index in [9.17, 15) is 4.79 Å². The second-order valence-electron chi connectivity index (χ2n) is 5.67. The van der Waals surface area contributed by atoms with Gasteiger partial charge in [-0.2, -0.15) is 0 Å². The summed E-state index contributed by atoms with van der Waals surface area (Å²) in [5.74, 6) is 0.0949. The van der Waals surface area contributed by atoms with Crippen LogP contribution in [-0.4, -0.2) is 18.0 Å². The van der Waals surface area contributed by atoms with Gasteiger partial charge in [0.2, 0.25) is 5.91 Å². The number of rotatable bonds is 4. The van der Waals surface area contributed by atoms with Crippen molar-refractivity contribution < 1.29 is 4.79 Å². The van der Waals surface area contributed by atoms with Gasteiger partial charge in [0, 0.05) is 16.2 Å². The Morgan fingerprint density at radius 3 is 2.65 bits per heavy atom. The molecule has 0 spiro atoms. The molecule has 0 radical (unpaired) electrons. The summed E-state index contributed by atoms with van der Waals surface area (Å²) in [6.07, 6.45) is 6.02. The first-order chi connectivity index (χ1) is 9.56. The van der Waals surface area contributed by atoms with Crippen LogP contribution in [0, 0.1) is 6.92 Å². The highest BCUT2D eigenvalue weighted by molar-refractivity contribution is 9.10. The van der Waals surface area contributed by atoms with Gasteiger partial charge in [0.15, 0.2) is 0 Å². The molecule has 1 aliphatic rings. The van der Waals surface area contributed by atoms with Crippen LogP contribution >= 0.6 is 15.9 Å². The highest BCUT2D eigenvalue weighted by Crippen LogP contribution is 2.21. The van der Waals surface area contributed by atoms with Crippen molar-refractivity contribution in [1.82, 2.24) is 5.32 Å². The van der Waals surface area contributed by atoms with Crippen LogP contribution in [0.15, 0.2) is 22.7 Å². The second kappa shape index (κ2) is 7.11. The van der Waals surface area contributed by atoms with Gasteiger partial charge in [0.25, 0.3) is 0 Å². The molecular formula is C16H23BrN2O. The molecular weight excluding hydrogens is 316 g/mol. The Labute approximate surface area is 129 Å². The zero-order chi connectivity index (χ0) is 14.5. The monoisotopic (exact) mass is 338 g/mol. The summed E-state index contributed by atoms with van der Waals surface area (Å²) in [5, 5.41) is 6.42. The number of hydrogen-bond acceptors (Lipinski definition) is 2. The molecule has 1 fully saturated rings. The van der Waals surface area contributed by atoms with Gasteiger partial charge >= 0.3 is 0 Å². The summed E-state index contributed by atoms with van der Waals surface area (Å²) < 4.78 is 1.09. The Morgan fingerprint density at radius 2 is 2.00 bits per heavy atom. The largest absolute Gasteiger partial charge is 0.374 e. The summed E-state index contributed by atoms with van der Waals surface area (Å²) in [7, 11) is 0. The molecule has 1 amide bonds. The molecule has 1 aromatic rings. The van der Waals surface area contributed by atoms with Crippen LogP contribution in [0.2, 0.25) is 0 Å². The Bertz CT molecular complexity index is 470. The average Bonchev–Trinajstić information content (AvgIpc) is 2.44. The number of anilines is 1. The molecule has 2 N–H and O–H groups in total. The van der Waals surface area contributed by atoms with Crippen LogP contribution in [0.1, 0.15) is 44.6 Å². The molecule has 0 aliphatic heterocycles. The van der Waals surface area contributed by atoms with Gasteiger partial charge in [0.05, 0.1) is 0 Å². The normalized spacial score (nSPS) is 17.6. The van der Waals surface area contributed by atoms with Gasteiger partial charge in [-0.05, 0) is 50.5 Å². The van der Waals surface area contributed by atoms with Crippen LogP contribution < -0.4 is 10.6 Å². The molecule has 1 aromatic carbocycles. The van der Waals surface area contributed by atoms with E-state index in [4.69, 9.17) is 0 Å². The van der Waals surface area contributed by atoms with E-state index in [0.717, 1.165) is 28.6 Å². The van der Waals surface area contributed by atoms with Crippen LogP contribution in [-0.2, 0) is 4.79 Å². The third-order valence-electron chi connectivity index (χ3n) is 3.89. The molecule has 1 atom stereocenters. The first-order valence-corrected chi connectivity index (χ1v) is 8.18. The van der Waals surface area contributed by atoms with Gasteiger partial charge in [0.1, 0.15) is 6.04 Å². The summed E-state index contributed by atoms with van der Waals surface area (Å²) in [5.41, 5.74) is 2.15. The third-order valence-corrected chi connectivity index (χ3v) is 4.78. The van der Waals surface area contributed by atoms with Crippen molar-refractivity contribution in [2.75, 3.05) is 5.32 Å². The minimum atomic E-state index is -0.211. The fourth-order valence-corrected chi connectivity index (χ4v) is 2.87. The Hall–Kier alpha value is -1.03. The van der Waals surface area contributed by atoms with E-state index in [1.54, 1.807) is 0 Å². The van der Waals surface area contributed by atoms with Crippen molar-refractivity contribution in [2.24, 2.45) is 0 Å². The average molecular weight is 339 g/mol. The number of benzene rings is 1. The van der Waals surface area contributed by atoms with E-state index in [1.807, 2.05) is 26.0 Å². The lowest BCUT2D eigenvalue weighted by Crippen LogP contribution is -2.44. The van der Waals surface area contributed by atoms with E-state index in [2.05, 4.69) is 32.6 Å². The minimum absolute atomic E-state index is 0.0949. The lowest BCUT2D eigenvalue weighted by molar-refractivity contribution is -0.122. The standard InChI is InChI=1S/C16H23BrN2O/c1-11-10-14(8-9-15(11)17)18-12(2)16(20)19-13-6-4-3-5-7-13/h8-10,12-13,18H,3-7H2,1-2H3,(H,19,20)/t12-/m1/s1. The molecule has 20 heavy (non-hydrogen) atoms. The number of halogens is 1. The lowest BCUT2D eigenvalue weighted by Gasteiger charge is -2.25. The highest BCUT2D eigenvalue weighted by Gasteiger charge is 2.19. The molecule has 1 aliphatic carbocycles. The number of aryl methyl sites for hydroxylation is 1. The zero-order valence-corrected chi connectivity index (χ0v) is 13.8. The Morgan fingerprint density at radius 1 is 1.30 bits per heavy atom. The smallest absolute Gasteiger partial charge is 0.242 e. The van der Waals surface area contributed by atoms with Crippen molar-refractivity contribution in [3.05, 3.63) is 28.2 Å². The highest BCUT2D eigenvalue weighted by atomic mass is 79.9. The van der Waals surface area contributed by atoms with Gasteiger partial charge < -0.3 is 10.6 Å². The fraction of sp³-hybridized carbons (Fsp3) is 0.562. The summed E-state index contributed by atoms with van der Waals surface area (Å²) in [6, 6.07) is 6.20. The maximum absolute atomic E-state index is 12.2. The van der Waals surface area contributed by atoms with Gasteiger partial charge in [-0.1, -0.05) is 35.2 Å². The van der Waals surface area contributed by atoms with Crippen LogP contribution in [0.4, 0.5) is 5.69 Å². The van der Waals surface area contributed by atoms with Gasteiger partial charge in [-0.25, -0.2) is 0 Å². The predicted octanol–water partition coefficient (Wildman–Crippen LogP) is 4.01. The van der Waals surface area contributed by atoms with Crippen LogP contribution in [0.3, 0.4) is 0 Å². The van der Waals surface area contributed by atoms with Crippen molar-refractivity contribution >= 4 is 27.5 Å². The number of nitrogens with one attached hydrogen (secondary N) is 2. The van der Waals surface area contributed by atoms with Gasteiger partial charge in [-0.3, -0.25) is 4.79 Å². The van der Waals surface area contributed by atoms with Crippen LogP contribution in [0.5, 0.6) is 0 Å². The molecule has 0 aromatic heterocycles. The zero-order valence-electron chi connectivity index (χ0n) is 12.2. The van der Waals surface area contributed by atoms with Crippen molar-refractivity contribution in [3.63, 3.8) is 0 Å². The molecule has 0 heterocycles. The molecule has 110 valence electrons. The van der Waals surface area contributed by atoms with E-state index in [-0.39, 0.29) is 11.9 Å². The van der Waals surface area contributed by atoms with E-state index >= 15 is 0 Å². The van der Waals surface area contributed by atoms with E-state index in [1.165, 1.54) is 19.3 Å². The fourth-order valence-electron chi connectivity index (χ4n) is 2.62. The SMILES string of the molecule is Cc1cc(N[C@H](C)C(=O)NC2CCCCC2)ccc1Br. The van der Waals surface area contributed by atoms with Crippen molar-refractivity contribution in [3.8, 4) is 0 Å². The number of hydrogen-bond donors (Lipinski definition) is 2. The van der Waals surface area contributed by atoms with Crippen molar-refractivity contribution in [1.29, 1.82) is 0 Å². The maximum Gasteiger partial charge on any atom is 0.242 e. The first kappa shape index (κ1) is 15.4. The van der Waals surface area contributed by atoms with Gasteiger partial charge in [-0.15, -0.1) is 0 Å². The number of carbonyl (C=O) groups excluding carboxylic acids is 1. The number of carbonyl (C=O) groups is 1. The minimum Gasteiger partial charge on any atom is -0.374 e. The molecule has 0 saturated heterocycles. The van der Waals surface area contributed by atoms with E-state index in [0.29, 0.717) is 6.04 Å². The predicted molar refractivity (Wildman–Crippen MR) is 87.0 cm³/mol. The third kappa shape index (κ3) is 4.23. The maximum atomic E-state index is 12.2. The molecule has 2 rings (SSSR count). The van der Waals surface area contributed by atoms with E-state index < -0.39 is 0 Å². The van der Waals surface area contributed by atoms with Crippen LogP contribution in [0.25, 0.3) is 0 Å². The lowest BCUT2D eigenvalue weighted by atomic mass is 9.95. The summed E-state index contributed by atoms with van der Waals surface area (Å²) in [4.78, 5) is 12.2. The molecule has 1 saturated carbocycles. The quantitative estimate of drug-likeness (QED) is 0.870. The first-order valence-electron chi connectivity index (χ1n) is 7.39. The molecule has 3 nitrogen and oxygen atoms in total. The topological polar surface area (TPSA) is 41.1 Å².